The quantitative estimate of drug-likeness (QED) is 0.619. The minimum Gasteiger partial charge on any atom is -0.271 e. The van der Waals surface area contributed by atoms with Crippen molar-refractivity contribution in [2.75, 3.05) is 0 Å². The third-order valence-corrected chi connectivity index (χ3v) is 4.61. The summed E-state index contributed by atoms with van der Waals surface area (Å²) >= 11 is 0. The van der Waals surface area contributed by atoms with E-state index in [0.717, 1.165) is 0 Å². The molecule has 17 heavy (non-hydrogen) atoms. The normalized spacial score (nSPS) is 27.3. The van der Waals surface area contributed by atoms with Crippen LogP contribution in [0.15, 0.2) is 18.3 Å². The summed E-state index contributed by atoms with van der Waals surface area (Å²) in [5.41, 5.74) is 6.18. The van der Waals surface area contributed by atoms with Crippen LogP contribution in [-0.2, 0) is 6.42 Å². The zero-order valence-electron chi connectivity index (χ0n) is 10.4. The van der Waals surface area contributed by atoms with Gasteiger partial charge in [-0.15, -0.1) is 0 Å². The van der Waals surface area contributed by atoms with Crippen molar-refractivity contribution in [1.82, 2.24) is 10.4 Å². The number of nitrogens with one attached hydrogen (secondary N) is 1. The molecule has 1 fully saturated rings. The topological polar surface area (TPSA) is 50.9 Å². The Morgan fingerprint density at radius 2 is 2.35 bits per heavy atom. The maximum Gasteiger partial charge on any atom is 0.0482 e. The molecular formula is C14H21N3. The summed E-state index contributed by atoms with van der Waals surface area (Å²) in [5.74, 6) is 6.31. The SMILES string of the molecule is CC1(C(NN)C2CCCc3cccnc32)CC1. The van der Waals surface area contributed by atoms with Gasteiger partial charge in [0.25, 0.3) is 0 Å². The zero-order valence-corrected chi connectivity index (χ0v) is 10.4. The molecule has 1 heterocycles. The van der Waals surface area contributed by atoms with Gasteiger partial charge in [0.1, 0.15) is 0 Å². The number of rotatable bonds is 3. The Kier molecular flexibility index (Phi) is 2.68. The fraction of sp³-hybridized carbons (Fsp3) is 0.643. The lowest BCUT2D eigenvalue weighted by atomic mass is 9.77. The van der Waals surface area contributed by atoms with E-state index in [4.69, 9.17) is 5.84 Å². The Bertz CT molecular complexity index is 412. The van der Waals surface area contributed by atoms with Crippen LogP contribution in [-0.4, -0.2) is 11.0 Å². The van der Waals surface area contributed by atoms with Crippen molar-refractivity contribution in [3.63, 3.8) is 0 Å². The van der Waals surface area contributed by atoms with Gasteiger partial charge in [-0.25, -0.2) is 0 Å². The monoisotopic (exact) mass is 231 g/mol. The fourth-order valence-electron chi connectivity index (χ4n) is 3.28. The molecule has 3 heteroatoms. The molecule has 2 unspecified atom stereocenters. The summed E-state index contributed by atoms with van der Waals surface area (Å²) in [4.78, 5) is 4.62. The summed E-state index contributed by atoms with van der Waals surface area (Å²) in [6.45, 7) is 2.34. The van der Waals surface area contributed by atoms with Gasteiger partial charge in [0.15, 0.2) is 0 Å². The molecule has 2 aliphatic carbocycles. The van der Waals surface area contributed by atoms with Crippen LogP contribution >= 0.6 is 0 Å². The number of nitrogens with zero attached hydrogens (tertiary/aromatic N) is 1. The van der Waals surface area contributed by atoms with Gasteiger partial charge in [0, 0.05) is 23.9 Å². The van der Waals surface area contributed by atoms with Gasteiger partial charge in [-0.05, 0) is 49.1 Å². The molecular weight excluding hydrogens is 210 g/mol. The smallest absolute Gasteiger partial charge is 0.0482 e. The second-order valence-electron chi connectivity index (χ2n) is 5.84. The van der Waals surface area contributed by atoms with Crippen molar-refractivity contribution >= 4 is 0 Å². The molecule has 3 nitrogen and oxygen atoms in total. The predicted molar refractivity (Wildman–Crippen MR) is 68.4 cm³/mol. The minimum absolute atomic E-state index is 0.386. The van der Waals surface area contributed by atoms with Gasteiger partial charge >= 0.3 is 0 Å². The lowest BCUT2D eigenvalue weighted by Crippen LogP contribution is -2.46. The Balaban J connectivity index is 1.93. The Hall–Kier alpha value is -0.930. The molecule has 1 aromatic heterocycles. The molecule has 2 aliphatic rings. The van der Waals surface area contributed by atoms with Crippen LogP contribution in [0.3, 0.4) is 0 Å². The van der Waals surface area contributed by atoms with E-state index in [2.05, 4.69) is 23.4 Å². The molecule has 0 spiro atoms. The number of aromatic nitrogens is 1. The molecule has 0 aromatic carbocycles. The zero-order chi connectivity index (χ0) is 11.9. The Morgan fingerprint density at radius 3 is 3.06 bits per heavy atom. The first-order chi connectivity index (χ1) is 8.24. The Labute approximate surface area is 103 Å². The van der Waals surface area contributed by atoms with E-state index in [0.29, 0.717) is 17.4 Å². The first-order valence-corrected chi connectivity index (χ1v) is 6.64. The van der Waals surface area contributed by atoms with Gasteiger partial charge in [-0.2, -0.15) is 0 Å². The van der Waals surface area contributed by atoms with Crippen molar-refractivity contribution in [2.45, 2.75) is 51.0 Å². The first-order valence-electron chi connectivity index (χ1n) is 6.64. The summed E-state index contributed by atoms with van der Waals surface area (Å²) < 4.78 is 0. The van der Waals surface area contributed by atoms with E-state index in [-0.39, 0.29) is 0 Å². The maximum absolute atomic E-state index is 5.81. The van der Waals surface area contributed by atoms with Crippen LogP contribution < -0.4 is 11.3 Å². The molecule has 1 saturated carbocycles. The molecule has 2 atom stereocenters. The van der Waals surface area contributed by atoms with Crippen molar-refractivity contribution in [3.05, 3.63) is 29.6 Å². The van der Waals surface area contributed by atoms with E-state index < -0.39 is 0 Å². The third-order valence-electron chi connectivity index (χ3n) is 4.61. The van der Waals surface area contributed by atoms with Crippen LogP contribution in [0.1, 0.15) is 49.8 Å². The van der Waals surface area contributed by atoms with Crippen molar-refractivity contribution in [1.29, 1.82) is 0 Å². The van der Waals surface area contributed by atoms with Crippen LogP contribution in [0.25, 0.3) is 0 Å². The second kappa shape index (κ2) is 4.07. The van der Waals surface area contributed by atoms with E-state index >= 15 is 0 Å². The summed E-state index contributed by atoms with van der Waals surface area (Å²) in [6.07, 6.45) is 8.15. The molecule has 0 bridgehead atoms. The molecule has 1 aromatic rings. The van der Waals surface area contributed by atoms with Gasteiger partial charge in [0.2, 0.25) is 0 Å². The van der Waals surface area contributed by atoms with Gasteiger partial charge < -0.3 is 0 Å². The van der Waals surface area contributed by atoms with E-state index in [1.807, 2.05) is 12.3 Å². The number of aryl methyl sites for hydroxylation is 1. The highest BCUT2D eigenvalue weighted by atomic mass is 15.2. The van der Waals surface area contributed by atoms with Gasteiger partial charge in [0.05, 0.1) is 0 Å². The maximum atomic E-state index is 5.81. The summed E-state index contributed by atoms with van der Waals surface area (Å²) in [7, 11) is 0. The van der Waals surface area contributed by atoms with Crippen molar-refractivity contribution < 1.29 is 0 Å². The molecule has 3 rings (SSSR count). The molecule has 0 radical (unpaired) electrons. The summed E-state index contributed by atoms with van der Waals surface area (Å²) in [5, 5.41) is 0. The van der Waals surface area contributed by atoms with Gasteiger partial charge in [-0.1, -0.05) is 13.0 Å². The third kappa shape index (κ3) is 1.87. The highest BCUT2D eigenvalue weighted by Crippen LogP contribution is 2.53. The number of nitrogens with two attached hydrogens (primary N) is 1. The average Bonchev–Trinajstić information content (AvgIpc) is 3.09. The molecule has 0 aliphatic heterocycles. The van der Waals surface area contributed by atoms with Crippen LogP contribution in [0.4, 0.5) is 0 Å². The number of fused-ring (bicyclic) bond motifs is 1. The van der Waals surface area contributed by atoms with E-state index in [1.165, 1.54) is 43.4 Å². The largest absolute Gasteiger partial charge is 0.271 e. The standard InChI is InChI=1S/C14H21N3/c1-14(7-8-14)13(17-15)11-6-2-4-10-5-3-9-16-12(10)11/h3,5,9,11,13,17H,2,4,6-8,15H2,1H3. The molecule has 92 valence electrons. The van der Waals surface area contributed by atoms with Crippen molar-refractivity contribution in [3.8, 4) is 0 Å². The lowest BCUT2D eigenvalue weighted by Gasteiger charge is -2.34. The fourth-order valence-corrected chi connectivity index (χ4v) is 3.28. The number of hydrazine groups is 1. The van der Waals surface area contributed by atoms with E-state index in [9.17, 15) is 0 Å². The van der Waals surface area contributed by atoms with Gasteiger partial charge in [-0.3, -0.25) is 16.3 Å². The number of hydrogen-bond acceptors (Lipinski definition) is 3. The van der Waals surface area contributed by atoms with Crippen molar-refractivity contribution in [2.24, 2.45) is 11.3 Å². The van der Waals surface area contributed by atoms with Crippen LogP contribution in [0.5, 0.6) is 0 Å². The molecule has 0 saturated heterocycles. The van der Waals surface area contributed by atoms with Crippen LogP contribution in [0.2, 0.25) is 0 Å². The highest BCUT2D eigenvalue weighted by molar-refractivity contribution is 5.28. The number of hydrogen-bond donors (Lipinski definition) is 2. The predicted octanol–water partition coefficient (Wildman–Crippen LogP) is 2.13. The Morgan fingerprint density at radius 1 is 1.53 bits per heavy atom. The highest BCUT2D eigenvalue weighted by Gasteiger charge is 2.48. The number of pyridine rings is 1. The van der Waals surface area contributed by atoms with E-state index in [1.54, 1.807) is 0 Å². The first kappa shape index (κ1) is 11.2. The molecule has 3 N–H and O–H groups in total. The lowest BCUT2D eigenvalue weighted by molar-refractivity contribution is 0.284. The minimum atomic E-state index is 0.386. The van der Waals surface area contributed by atoms with Crippen LogP contribution in [0, 0.1) is 5.41 Å². The average molecular weight is 231 g/mol. The molecule has 0 amide bonds. The second-order valence-corrected chi connectivity index (χ2v) is 5.84. The summed E-state index contributed by atoms with van der Waals surface area (Å²) in [6, 6.07) is 4.65.